The predicted octanol–water partition coefficient (Wildman–Crippen LogP) is 2.90. The Morgan fingerprint density at radius 1 is 1.14 bits per heavy atom. The summed E-state index contributed by atoms with van der Waals surface area (Å²) >= 11 is 0. The molecule has 3 aromatic rings. The molecule has 5 heteroatoms. The fourth-order valence-electron chi connectivity index (χ4n) is 2.13. The smallest absolute Gasteiger partial charge is 0.215 e. The summed E-state index contributed by atoms with van der Waals surface area (Å²) in [5, 5.41) is 0. The molecule has 0 atom stereocenters. The zero-order valence-electron chi connectivity index (χ0n) is 12.1. The number of ether oxygens (including phenoxy) is 2. The Bertz CT molecular complexity index is 752. The molecule has 1 aromatic carbocycles. The van der Waals surface area contributed by atoms with E-state index in [9.17, 15) is 0 Å². The molecule has 0 aliphatic heterocycles. The van der Waals surface area contributed by atoms with Gasteiger partial charge in [-0.05, 0) is 30.7 Å². The quantitative estimate of drug-likeness (QED) is 0.782. The highest BCUT2D eigenvalue weighted by Crippen LogP contribution is 2.15. The van der Waals surface area contributed by atoms with Crippen molar-refractivity contribution in [3.8, 4) is 11.6 Å². The summed E-state index contributed by atoms with van der Waals surface area (Å²) in [7, 11) is 1.59. The normalized spacial score (nSPS) is 10.8. The van der Waals surface area contributed by atoms with Crippen molar-refractivity contribution >= 4 is 11.2 Å². The maximum Gasteiger partial charge on any atom is 0.215 e. The molecule has 3 rings (SSSR count). The molecule has 0 amide bonds. The van der Waals surface area contributed by atoms with Gasteiger partial charge in [0.1, 0.15) is 11.6 Å². The number of benzene rings is 1. The van der Waals surface area contributed by atoms with Gasteiger partial charge in [0.15, 0.2) is 5.65 Å². The van der Waals surface area contributed by atoms with Crippen molar-refractivity contribution in [2.45, 2.75) is 13.3 Å². The van der Waals surface area contributed by atoms with Gasteiger partial charge >= 0.3 is 0 Å². The van der Waals surface area contributed by atoms with E-state index in [0.29, 0.717) is 24.6 Å². The molecule has 0 aliphatic carbocycles. The Hall–Kier alpha value is -2.56. The van der Waals surface area contributed by atoms with Gasteiger partial charge in [-0.3, -0.25) is 0 Å². The largest absolute Gasteiger partial charge is 0.493 e. The number of hydrogen-bond acceptors (Lipinski definition) is 4. The molecule has 0 saturated carbocycles. The minimum Gasteiger partial charge on any atom is -0.493 e. The summed E-state index contributed by atoms with van der Waals surface area (Å²) in [6, 6.07) is 11.7. The molecular weight excluding hydrogens is 266 g/mol. The number of nitrogens with zero attached hydrogens (tertiary/aromatic N) is 2. The minimum atomic E-state index is 0.566. The van der Waals surface area contributed by atoms with Gasteiger partial charge in [0.25, 0.3) is 0 Å². The maximum atomic E-state index is 5.73. The van der Waals surface area contributed by atoms with Crippen LogP contribution in [0.4, 0.5) is 0 Å². The van der Waals surface area contributed by atoms with Gasteiger partial charge in [-0.2, -0.15) is 4.98 Å². The first kappa shape index (κ1) is 13.4. The third-order valence-corrected chi connectivity index (χ3v) is 3.18. The number of fused-ring (bicyclic) bond motifs is 1. The van der Waals surface area contributed by atoms with Gasteiger partial charge in [-0.25, -0.2) is 4.98 Å². The SMILES string of the molecule is COc1ccc2[nH]c(CCOc3cccc(C)c3)nc2n1. The van der Waals surface area contributed by atoms with Crippen molar-refractivity contribution in [3.05, 3.63) is 47.8 Å². The number of imidazole rings is 1. The highest BCUT2D eigenvalue weighted by molar-refractivity contribution is 5.71. The summed E-state index contributed by atoms with van der Waals surface area (Å²) < 4.78 is 10.8. The van der Waals surface area contributed by atoms with E-state index in [-0.39, 0.29) is 0 Å². The van der Waals surface area contributed by atoms with E-state index >= 15 is 0 Å². The Labute approximate surface area is 123 Å². The van der Waals surface area contributed by atoms with E-state index in [0.717, 1.165) is 17.1 Å². The van der Waals surface area contributed by atoms with Crippen molar-refractivity contribution < 1.29 is 9.47 Å². The summed E-state index contributed by atoms with van der Waals surface area (Å²) in [5.41, 5.74) is 2.76. The lowest BCUT2D eigenvalue weighted by Crippen LogP contribution is -2.02. The molecule has 0 radical (unpaired) electrons. The molecule has 21 heavy (non-hydrogen) atoms. The number of aromatic nitrogens is 3. The van der Waals surface area contributed by atoms with Crippen LogP contribution in [-0.2, 0) is 6.42 Å². The summed E-state index contributed by atoms with van der Waals surface area (Å²) in [6.45, 7) is 2.62. The van der Waals surface area contributed by atoms with Gasteiger partial charge in [-0.15, -0.1) is 0 Å². The maximum absolute atomic E-state index is 5.73. The molecular formula is C16H17N3O2. The van der Waals surface area contributed by atoms with Gasteiger partial charge in [0, 0.05) is 12.5 Å². The van der Waals surface area contributed by atoms with Crippen LogP contribution in [0, 0.1) is 6.92 Å². The molecule has 2 aromatic heterocycles. The zero-order valence-corrected chi connectivity index (χ0v) is 12.1. The molecule has 0 saturated heterocycles. The van der Waals surface area contributed by atoms with Crippen LogP contribution in [-0.4, -0.2) is 28.7 Å². The highest BCUT2D eigenvalue weighted by Gasteiger charge is 2.05. The first-order chi connectivity index (χ1) is 10.2. The van der Waals surface area contributed by atoms with Crippen molar-refractivity contribution in [3.63, 3.8) is 0 Å². The van der Waals surface area contributed by atoms with E-state index in [1.165, 1.54) is 5.56 Å². The van der Waals surface area contributed by atoms with Crippen LogP contribution >= 0.6 is 0 Å². The molecule has 0 fully saturated rings. The zero-order chi connectivity index (χ0) is 14.7. The second-order valence-corrected chi connectivity index (χ2v) is 4.82. The fraction of sp³-hybridized carbons (Fsp3) is 0.250. The van der Waals surface area contributed by atoms with Crippen LogP contribution in [0.1, 0.15) is 11.4 Å². The van der Waals surface area contributed by atoms with Crippen LogP contribution < -0.4 is 9.47 Å². The van der Waals surface area contributed by atoms with E-state index in [4.69, 9.17) is 9.47 Å². The fourth-order valence-corrected chi connectivity index (χ4v) is 2.13. The van der Waals surface area contributed by atoms with E-state index in [2.05, 4.69) is 15.0 Å². The van der Waals surface area contributed by atoms with Crippen LogP contribution in [0.15, 0.2) is 36.4 Å². The average Bonchev–Trinajstić information content (AvgIpc) is 2.89. The molecule has 108 valence electrons. The Morgan fingerprint density at radius 3 is 2.86 bits per heavy atom. The number of aromatic amines is 1. The monoisotopic (exact) mass is 283 g/mol. The number of aryl methyl sites for hydroxylation is 1. The first-order valence-corrected chi connectivity index (χ1v) is 6.84. The first-order valence-electron chi connectivity index (χ1n) is 6.84. The number of nitrogens with one attached hydrogen (secondary N) is 1. The predicted molar refractivity (Wildman–Crippen MR) is 80.8 cm³/mol. The van der Waals surface area contributed by atoms with Crippen LogP contribution in [0.25, 0.3) is 11.2 Å². The number of hydrogen-bond donors (Lipinski definition) is 1. The van der Waals surface area contributed by atoms with Crippen molar-refractivity contribution in [2.24, 2.45) is 0 Å². The standard InChI is InChI=1S/C16H17N3O2/c1-11-4-3-5-12(10-11)21-9-8-14-17-13-6-7-15(20-2)19-16(13)18-14/h3-7,10H,8-9H2,1-2H3,(H,17,18,19). The average molecular weight is 283 g/mol. The number of methoxy groups -OCH3 is 1. The van der Waals surface area contributed by atoms with E-state index in [1.54, 1.807) is 7.11 Å². The minimum absolute atomic E-state index is 0.566. The molecule has 0 spiro atoms. The van der Waals surface area contributed by atoms with Crippen molar-refractivity contribution in [2.75, 3.05) is 13.7 Å². The summed E-state index contributed by atoms with van der Waals surface area (Å²) in [5.74, 6) is 2.31. The van der Waals surface area contributed by atoms with E-state index < -0.39 is 0 Å². The lowest BCUT2D eigenvalue weighted by atomic mass is 10.2. The molecule has 0 unspecified atom stereocenters. The van der Waals surface area contributed by atoms with Crippen LogP contribution in [0.2, 0.25) is 0 Å². The summed E-state index contributed by atoms with van der Waals surface area (Å²) in [4.78, 5) is 12.0. The van der Waals surface area contributed by atoms with Crippen molar-refractivity contribution in [1.82, 2.24) is 15.0 Å². The summed E-state index contributed by atoms with van der Waals surface area (Å²) in [6.07, 6.45) is 0.701. The van der Waals surface area contributed by atoms with Crippen molar-refractivity contribution in [1.29, 1.82) is 0 Å². The molecule has 1 N–H and O–H groups in total. The lowest BCUT2D eigenvalue weighted by Gasteiger charge is -2.05. The molecule has 5 nitrogen and oxygen atoms in total. The van der Waals surface area contributed by atoms with Crippen LogP contribution in [0.5, 0.6) is 11.6 Å². The topological polar surface area (TPSA) is 60.0 Å². The molecule has 2 heterocycles. The van der Waals surface area contributed by atoms with Crippen LogP contribution in [0.3, 0.4) is 0 Å². The Balaban J connectivity index is 1.65. The number of H-pyrrole nitrogens is 1. The Kier molecular flexibility index (Phi) is 3.73. The van der Waals surface area contributed by atoms with Gasteiger partial charge in [-0.1, -0.05) is 12.1 Å². The second kappa shape index (κ2) is 5.83. The lowest BCUT2D eigenvalue weighted by molar-refractivity contribution is 0.319. The van der Waals surface area contributed by atoms with E-state index in [1.807, 2.05) is 43.3 Å². The third kappa shape index (κ3) is 3.13. The number of pyridine rings is 1. The van der Waals surface area contributed by atoms with Gasteiger partial charge in [0.05, 0.1) is 19.2 Å². The second-order valence-electron chi connectivity index (χ2n) is 4.82. The molecule has 0 aliphatic rings. The van der Waals surface area contributed by atoms with Gasteiger partial charge < -0.3 is 14.5 Å². The van der Waals surface area contributed by atoms with Gasteiger partial charge in [0.2, 0.25) is 5.88 Å². The third-order valence-electron chi connectivity index (χ3n) is 3.18. The highest BCUT2D eigenvalue weighted by atomic mass is 16.5. The number of rotatable bonds is 5. The molecule has 0 bridgehead atoms. The Morgan fingerprint density at radius 2 is 2.05 bits per heavy atom.